The highest BCUT2D eigenvalue weighted by Gasteiger charge is 2.54. The van der Waals surface area contributed by atoms with E-state index in [9.17, 15) is 26.7 Å². The first-order chi connectivity index (χ1) is 16.4. The van der Waals surface area contributed by atoms with Crippen LogP contribution in [0.3, 0.4) is 0 Å². The molecule has 35 heavy (non-hydrogen) atoms. The van der Waals surface area contributed by atoms with E-state index in [1.165, 1.54) is 34.8 Å². The van der Waals surface area contributed by atoms with Gasteiger partial charge in [0.15, 0.2) is 5.60 Å². The van der Waals surface area contributed by atoms with Gasteiger partial charge in [-0.1, -0.05) is 23.2 Å². The van der Waals surface area contributed by atoms with Crippen LogP contribution in [0.2, 0.25) is 0 Å². The molecule has 0 spiro atoms. The third kappa shape index (κ3) is 5.28. The van der Waals surface area contributed by atoms with Crippen molar-refractivity contribution in [3.05, 3.63) is 58.6 Å². The Balaban J connectivity index is 1.87. The summed E-state index contributed by atoms with van der Waals surface area (Å²) in [7, 11) is -3.86. The summed E-state index contributed by atoms with van der Waals surface area (Å²) in [6.45, 7) is 0.700. The summed E-state index contributed by atoms with van der Waals surface area (Å²) in [5.41, 5.74) is 10.6. The van der Waals surface area contributed by atoms with Crippen LogP contribution in [-0.2, 0) is 15.6 Å². The first kappa shape index (κ1) is 26.1. The van der Waals surface area contributed by atoms with Gasteiger partial charge in [0.2, 0.25) is 10.0 Å². The number of nitrogens with zero attached hydrogens (tertiary/aromatic N) is 6. The van der Waals surface area contributed by atoms with Crippen molar-refractivity contribution in [2.24, 2.45) is 5.11 Å². The average molecular weight is 510 g/mol. The van der Waals surface area contributed by atoms with E-state index in [2.05, 4.69) is 26.9 Å². The lowest BCUT2D eigenvalue weighted by atomic mass is 9.92. The molecule has 3 N–H and O–H groups in total. The summed E-state index contributed by atoms with van der Waals surface area (Å²) in [5.74, 6) is 5.88. The Labute approximate surface area is 199 Å². The number of nitrogens with two attached hydrogens (primary N) is 1. The van der Waals surface area contributed by atoms with Crippen molar-refractivity contribution < 1.29 is 26.7 Å². The number of benzene rings is 1. The van der Waals surface area contributed by atoms with Crippen molar-refractivity contribution in [1.82, 2.24) is 9.29 Å². The maximum atomic E-state index is 13.5. The molecular formula is C21H22F3N7O3S. The zero-order chi connectivity index (χ0) is 25.9. The molecule has 3 rings (SSSR count). The Kier molecular flexibility index (Phi) is 7.47. The molecule has 1 fully saturated rings. The monoisotopic (exact) mass is 509 g/mol. The van der Waals surface area contributed by atoms with Crippen LogP contribution < -0.4 is 10.6 Å². The fraction of sp³-hybridized carbons (Fsp3) is 0.381. The largest absolute Gasteiger partial charge is 0.421 e. The van der Waals surface area contributed by atoms with Gasteiger partial charge in [0.05, 0.1) is 6.54 Å². The Hall–Kier alpha value is -3.50. The number of hydrogen-bond donors (Lipinski definition) is 2. The maximum absolute atomic E-state index is 13.5. The second-order valence-corrected chi connectivity index (χ2v) is 9.62. The van der Waals surface area contributed by atoms with E-state index in [-0.39, 0.29) is 30.3 Å². The van der Waals surface area contributed by atoms with Gasteiger partial charge in [0.1, 0.15) is 16.8 Å². The number of alkyl halides is 3. The topological polar surface area (TPSA) is 149 Å². The van der Waals surface area contributed by atoms with Crippen LogP contribution in [0.4, 0.5) is 24.7 Å². The molecule has 1 aromatic carbocycles. The van der Waals surface area contributed by atoms with Crippen molar-refractivity contribution in [3.63, 3.8) is 0 Å². The number of anilines is 2. The molecule has 0 saturated carbocycles. The lowest BCUT2D eigenvalue weighted by molar-refractivity contribution is -0.262. The summed E-state index contributed by atoms with van der Waals surface area (Å²) in [5, 5.41) is 13.1. The van der Waals surface area contributed by atoms with Crippen LogP contribution in [0.5, 0.6) is 0 Å². The molecular weight excluding hydrogens is 487 g/mol. The minimum absolute atomic E-state index is 0.0126. The van der Waals surface area contributed by atoms with Crippen molar-refractivity contribution in [1.29, 1.82) is 0 Å². The van der Waals surface area contributed by atoms with E-state index in [1.54, 1.807) is 11.8 Å². The molecule has 14 heteroatoms. The highest BCUT2D eigenvalue weighted by molar-refractivity contribution is 7.89. The molecule has 1 saturated heterocycles. The number of halogens is 3. The summed E-state index contributed by atoms with van der Waals surface area (Å²) in [4.78, 5) is 7.90. The van der Waals surface area contributed by atoms with Gasteiger partial charge < -0.3 is 15.7 Å². The number of nitrogen functional groups attached to an aromatic ring is 1. The van der Waals surface area contributed by atoms with Gasteiger partial charge in [-0.05, 0) is 42.3 Å². The Morgan fingerprint density at radius 1 is 1.26 bits per heavy atom. The zero-order valence-corrected chi connectivity index (χ0v) is 19.3. The summed E-state index contributed by atoms with van der Waals surface area (Å²) >= 11 is 0. The third-order valence-electron chi connectivity index (χ3n) is 5.56. The molecule has 0 bridgehead atoms. The van der Waals surface area contributed by atoms with Crippen LogP contribution in [-0.4, -0.2) is 61.2 Å². The van der Waals surface area contributed by atoms with Gasteiger partial charge in [0, 0.05) is 36.4 Å². The van der Waals surface area contributed by atoms with Crippen molar-refractivity contribution in [2.45, 2.75) is 29.6 Å². The molecule has 10 nitrogen and oxygen atoms in total. The van der Waals surface area contributed by atoms with E-state index in [0.717, 1.165) is 12.1 Å². The van der Waals surface area contributed by atoms with Crippen LogP contribution in [0.25, 0.3) is 10.4 Å². The number of rotatable bonds is 6. The van der Waals surface area contributed by atoms with E-state index < -0.39 is 40.0 Å². The van der Waals surface area contributed by atoms with Crippen molar-refractivity contribution >= 4 is 21.5 Å². The smallest absolute Gasteiger partial charge is 0.384 e. The van der Waals surface area contributed by atoms with Gasteiger partial charge >= 0.3 is 6.18 Å². The second-order valence-electron chi connectivity index (χ2n) is 7.68. The van der Waals surface area contributed by atoms with Crippen molar-refractivity contribution in [2.75, 3.05) is 36.8 Å². The number of aromatic nitrogens is 1. The zero-order valence-electron chi connectivity index (χ0n) is 18.5. The van der Waals surface area contributed by atoms with Gasteiger partial charge in [-0.2, -0.15) is 17.5 Å². The van der Waals surface area contributed by atoms with E-state index >= 15 is 0 Å². The quantitative estimate of drug-likeness (QED) is 0.265. The summed E-state index contributed by atoms with van der Waals surface area (Å²) in [6.07, 6.45) is -3.90. The van der Waals surface area contributed by atoms with Crippen LogP contribution in [0, 0.1) is 11.8 Å². The predicted octanol–water partition coefficient (Wildman–Crippen LogP) is 2.63. The highest BCUT2D eigenvalue weighted by atomic mass is 32.2. The molecule has 186 valence electrons. The molecule has 2 heterocycles. The van der Waals surface area contributed by atoms with Gasteiger partial charge in [-0.15, -0.1) is 5.92 Å². The molecule has 1 unspecified atom stereocenters. The lowest BCUT2D eigenvalue weighted by Crippen LogP contribution is -2.54. The predicted molar refractivity (Wildman–Crippen MR) is 122 cm³/mol. The lowest BCUT2D eigenvalue weighted by Gasteiger charge is -2.40. The first-order valence-electron chi connectivity index (χ1n) is 10.2. The normalized spacial score (nSPS) is 18.7. The first-order valence-corrected chi connectivity index (χ1v) is 11.7. The SMILES string of the molecule is CC#C[C@H]1CN(S(=O)(=O)c2ccc(N)nc2)CCN1c1ccc(C(O)(CN=[N+]=[N-])C(F)(F)F)cc1. The third-order valence-corrected chi connectivity index (χ3v) is 7.41. The van der Waals surface area contributed by atoms with Gasteiger partial charge in [-0.3, -0.25) is 0 Å². The van der Waals surface area contributed by atoms with Crippen LogP contribution in [0.1, 0.15) is 12.5 Å². The van der Waals surface area contributed by atoms with E-state index in [0.29, 0.717) is 5.69 Å². The molecule has 0 aliphatic carbocycles. The minimum Gasteiger partial charge on any atom is -0.384 e. The highest BCUT2D eigenvalue weighted by Crippen LogP contribution is 2.40. The summed E-state index contributed by atoms with van der Waals surface area (Å²) in [6, 6.07) is 7.10. The van der Waals surface area contributed by atoms with Gasteiger partial charge in [0.25, 0.3) is 0 Å². The van der Waals surface area contributed by atoms with Gasteiger partial charge in [-0.25, -0.2) is 13.4 Å². The Morgan fingerprint density at radius 2 is 1.94 bits per heavy atom. The molecule has 0 radical (unpaired) electrons. The number of piperazine rings is 1. The maximum Gasteiger partial charge on any atom is 0.421 e. The van der Waals surface area contributed by atoms with Crippen LogP contribution >= 0.6 is 0 Å². The number of sulfonamides is 1. The average Bonchev–Trinajstić information content (AvgIpc) is 2.82. The molecule has 2 aromatic rings. The van der Waals surface area contributed by atoms with Crippen LogP contribution in [0.15, 0.2) is 52.6 Å². The molecule has 1 aliphatic heterocycles. The fourth-order valence-electron chi connectivity index (χ4n) is 3.68. The Morgan fingerprint density at radius 3 is 2.49 bits per heavy atom. The van der Waals surface area contributed by atoms with E-state index in [1.807, 2.05) is 0 Å². The molecule has 1 aromatic heterocycles. The fourth-order valence-corrected chi connectivity index (χ4v) is 5.06. The molecule has 2 atom stereocenters. The standard InChI is InChI=1S/C21H22F3N7O3S/c1-2-3-17-13-30(35(33,34)18-8-9-19(25)27-12-18)10-11-31(17)16-6-4-15(5-7-16)20(32,14-28-29-26)21(22,23)24/h4-9,12,17,32H,10-11,13-14H2,1H3,(H2,25,27)/t17-,20?/m0/s1. The van der Waals surface area contributed by atoms with E-state index in [4.69, 9.17) is 11.3 Å². The number of azide groups is 1. The Bertz CT molecular complexity index is 1270. The number of hydrogen-bond acceptors (Lipinski definition) is 7. The second kappa shape index (κ2) is 10.0. The minimum atomic E-state index is -5.07. The molecule has 0 amide bonds. The van der Waals surface area contributed by atoms with Crippen molar-refractivity contribution in [3.8, 4) is 11.8 Å². The molecule has 1 aliphatic rings. The number of aliphatic hydroxyl groups is 1. The summed E-state index contributed by atoms with van der Waals surface area (Å²) < 4.78 is 67.9. The number of pyridine rings is 1.